The van der Waals surface area contributed by atoms with Crippen molar-refractivity contribution in [3.8, 4) is 28.0 Å². The Bertz CT molecular complexity index is 1470. The maximum absolute atomic E-state index is 13.6. The molecule has 0 atom stereocenters. The van der Waals surface area contributed by atoms with Crippen LogP contribution in [0.5, 0.6) is 5.75 Å². The van der Waals surface area contributed by atoms with Crippen molar-refractivity contribution in [1.82, 2.24) is 9.55 Å². The van der Waals surface area contributed by atoms with Crippen LogP contribution in [0, 0.1) is 0 Å². The Balaban J connectivity index is 1.98. The first kappa shape index (κ1) is 18.5. The summed E-state index contributed by atoms with van der Waals surface area (Å²) in [7, 11) is 3.44. The lowest BCUT2D eigenvalue weighted by Gasteiger charge is -2.16. The van der Waals surface area contributed by atoms with Gasteiger partial charge < -0.3 is 14.3 Å². The molecule has 3 aromatic carbocycles. The molecule has 1 N–H and O–H groups in total. The molecule has 5 aromatic rings. The summed E-state index contributed by atoms with van der Waals surface area (Å²) in [6, 6.07) is 21.4. The first-order chi connectivity index (χ1) is 14.6. The lowest BCUT2D eigenvalue weighted by molar-refractivity contribution is 0.415. The van der Waals surface area contributed by atoms with Gasteiger partial charge in [0.2, 0.25) is 0 Å². The molecule has 0 saturated carbocycles. The normalized spacial score (nSPS) is 11.3. The summed E-state index contributed by atoms with van der Waals surface area (Å²) in [5.41, 5.74) is 5.03. The SMILES string of the molecule is COc1ccc2[nH]cc(-c3c(-c4ccccc4)c4cc(Cl)ccc4n(C)c3=O)c2c1. The summed E-state index contributed by atoms with van der Waals surface area (Å²) in [6.07, 6.45) is 1.89. The van der Waals surface area contributed by atoms with E-state index in [4.69, 9.17) is 16.3 Å². The molecule has 148 valence electrons. The third-order valence-corrected chi connectivity index (χ3v) is 5.81. The van der Waals surface area contributed by atoms with Gasteiger partial charge in [0.1, 0.15) is 5.75 Å². The minimum atomic E-state index is -0.0626. The number of rotatable bonds is 3. The highest BCUT2D eigenvalue weighted by molar-refractivity contribution is 6.31. The summed E-state index contributed by atoms with van der Waals surface area (Å²) in [4.78, 5) is 16.9. The number of hydrogen-bond donors (Lipinski definition) is 1. The summed E-state index contributed by atoms with van der Waals surface area (Å²) >= 11 is 6.37. The maximum atomic E-state index is 13.6. The number of fused-ring (bicyclic) bond motifs is 2. The highest BCUT2D eigenvalue weighted by Crippen LogP contribution is 2.39. The van der Waals surface area contributed by atoms with E-state index in [0.29, 0.717) is 10.6 Å². The van der Waals surface area contributed by atoms with Crippen molar-refractivity contribution < 1.29 is 4.74 Å². The molecule has 4 nitrogen and oxygen atoms in total. The van der Waals surface area contributed by atoms with Gasteiger partial charge in [-0.2, -0.15) is 0 Å². The van der Waals surface area contributed by atoms with Crippen LogP contribution in [0.4, 0.5) is 0 Å². The monoisotopic (exact) mass is 414 g/mol. The number of nitrogens with one attached hydrogen (secondary N) is 1. The molecule has 0 saturated heterocycles. The highest BCUT2D eigenvalue weighted by atomic mass is 35.5. The number of H-pyrrole nitrogens is 1. The number of hydrogen-bond acceptors (Lipinski definition) is 2. The highest BCUT2D eigenvalue weighted by Gasteiger charge is 2.21. The van der Waals surface area contributed by atoms with Crippen molar-refractivity contribution in [2.24, 2.45) is 7.05 Å². The Hall–Kier alpha value is -3.50. The Labute approximate surface area is 178 Å². The van der Waals surface area contributed by atoms with Gasteiger partial charge in [-0.05, 0) is 42.0 Å². The van der Waals surface area contributed by atoms with Crippen molar-refractivity contribution >= 4 is 33.4 Å². The molecule has 5 heteroatoms. The third kappa shape index (κ3) is 2.80. The van der Waals surface area contributed by atoms with Gasteiger partial charge in [0.15, 0.2) is 0 Å². The van der Waals surface area contributed by atoms with Crippen LogP contribution in [0.2, 0.25) is 5.02 Å². The maximum Gasteiger partial charge on any atom is 0.259 e. The van der Waals surface area contributed by atoms with E-state index in [1.807, 2.05) is 72.9 Å². The molecular weight excluding hydrogens is 396 g/mol. The Morgan fingerprint density at radius 3 is 2.50 bits per heavy atom. The lowest BCUT2D eigenvalue weighted by atomic mass is 9.92. The summed E-state index contributed by atoms with van der Waals surface area (Å²) < 4.78 is 7.11. The molecule has 0 fully saturated rings. The number of nitrogens with zero attached hydrogens (tertiary/aromatic N) is 1. The van der Waals surface area contributed by atoms with E-state index in [-0.39, 0.29) is 5.56 Å². The van der Waals surface area contributed by atoms with E-state index < -0.39 is 0 Å². The van der Waals surface area contributed by atoms with Gasteiger partial charge in [0.05, 0.1) is 18.2 Å². The van der Waals surface area contributed by atoms with Gasteiger partial charge in [-0.3, -0.25) is 4.79 Å². The van der Waals surface area contributed by atoms with E-state index in [0.717, 1.165) is 44.2 Å². The molecule has 5 rings (SSSR count). The fraction of sp³-hybridized carbons (Fsp3) is 0.0800. The van der Waals surface area contributed by atoms with Gasteiger partial charge in [-0.1, -0.05) is 41.9 Å². The van der Waals surface area contributed by atoms with Gasteiger partial charge in [0.25, 0.3) is 5.56 Å². The van der Waals surface area contributed by atoms with Gasteiger partial charge in [-0.25, -0.2) is 0 Å². The number of benzene rings is 3. The zero-order valence-corrected chi connectivity index (χ0v) is 17.3. The number of aryl methyl sites for hydroxylation is 1. The molecule has 0 aliphatic heterocycles. The smallest absolute Gasteiger partial charge is 0.259 e. The van der Waals surface area contributed by atoms with Crippen molar-refractivity contribution in [3.63, 3.8) is 0 Å². The Kier molecular flexibility index (Phi) is 4.37. The summed E-state index contributed by atoms with van der Waals surface area (Å²) in [5, 5.41) is 2.50. The lowest BCUT2D eigenvalue weighted by Crippen LogP contribution is -2.20. The molecule has 0 unspecified atom stereocenters. The second-order valence-electron chi connectivity index (χ2n) is 7.26. The quantitative estimate of drug-likeness (QED) is 0.392. The van der Waals surface area contributed by atoms with Crippen LogP contribution in [-0.2, 0) is 7.05 Å². The predicted molar refractivity (Wildman–Crippen MR) is 123 cm³/mol. The predicted octanol–water partition coefficient (Wildman–Crippen LogP) is 6.02. The average molecular weight is 415 g/mol. The first-order valence-electron chi connectivity index (χ1n) is 9.61. The molecule has 0 radical (unpaired) electrons. The van der Waals surface area contributed by atoms with Crippen molar-refractivity contribution in [1.29, 1.82) is 0 Å². The Morgan fingerprint density at radius 2 is 1.73 bits per heavy atom. The van der Waals surface area contributed by atoms with Crippen molar-refractivity contribution in [2.45, 2.75) is 0 Å². The van der Waals surface area contributed by atoms with Crippen LogP contribution in [0.15, 0.2) is 77.7 Å². The number of methoxy groups -OCH3 is 1. The zero-order chi connectivity index (χ0) is 20.8. The molecule has 0 amide bonds. The van der Waals surface area contributed by atoms with E-state index in [1.54, 1.807) is 18.7 Å². The molecule has 0 aliphatic rings. The number of ether oxygens (including phenoxy) is 1. The second-order valence-corrected chi connectivity index (χ2v) is 7.69. The second kappa shape index (κ2) is 7.08. The summed E-state index contributed by atoms with van der Waals surface area (Å²) in [5.74, 6) is 0.741. The van der Waals surface area contributed by atoms with Crippen molar-refractivity contribution in [3.05, 3.63) is 88.3 Å². The molecule has 0 spiro atoms. The van der Waals surface area contributed by atoms with Crippen LogP contribution < -0.4 is 10.3 Å². The molecule has 0 aliphatic carbocycles. The van der Waals surface area contributed by atoms with Crippen LogP contribution >= 0.6 is 11.6 Å². The van der Waals surface area contributed by atoms with Gasteiger partial charge in [0, 0.05) is 45.7 Å². The number of aromatic nitrogens is 2. The van der Waals surface area contributed by atoms with E-state index in [9.17, 15) is 4.79 Å². The minimum Gasteiger partial charge on any atom is -0.497 e. The van der Waals surface area contributed by atoms with Gasteiger partial charge >= 0.3 is 0 Å². The van der Waals surface area contributed by atoms with E-state index in [1.165, 1.54) is 0 Å². The largest absolute Gasteiger partial charge is 0.497 e. The van der Waals surface area contributed by atoms with Crippen LogP contribution in [0.1, 0.15) is 0 Å². The van der Waals surface area contributed by atoms with Crippen LogP contribution in [0.25, 0.3) is 44.1 Å². The van der Waals surface area contributed by atoms with Crippen LogP contribution in [0.3, 0.4) is 0 Å². The number of pyridine rings is 1. The van der Waals surface area contributed by atoms with Gasteiger partial charge in [-0.15, -0.1) is 0 Å². The van der Waals surface area contributed by atoms with E-state index in [2.05, 4.69) is 4.98 Å². The van der Waals surface area contributed by atoms with E-state index >= 15 is 0 Å². The zero-order valence-electron chi connectivity index (χ0n) is 16.6. The Morgan fingerprint density at radius 1 is 0.933 bits per heavy atom. The minimum absolute atomic E-state index is 0.0626. The average Bonchev–Trinajstić information content (AvgIpc) is 3.19. The fourth-order valence-electron chi connectivity index (χ4n) is 4.11. The number of aromatic amines is 1. The third-order valence-electron chi connectivity index (χ3n) is 5.58. The fourth-order valence-corrected chi connectivity index (χ4v) is 4.28. The molecule has 30 heavy (non-hydrogen) atoms. The topological polar surface area (TPSA) is 47.0 Å². The molecule has 2 aromatic heterocycles. The number of halogens is 1. The molecular formula is C25H19ClN2O2. The molecule has 2 heterocycles. The standard InChI is InChI=1S/C25H19ClN2O2/c1-28-22-11-8-16(26)12-19(22)23(15-6-4-3-5-7-15)24(25(28)29)20-14-27-21-10-9-17(30-2)13-18(20)21/h3-14,27H,1-2H3. The van der Waals surface area contributed by atoms with Crippen LogP contribution in [-0.4, -0.2) is 16.7 Å². The first-order valence-corrected chi connectivity index (χ1v) is 9.99. The molecule has 0 bridgehead atoms. The van der Waals surface area contributed by atoms with Crippen molar-refractivity contribution in [2.75, 3.05) is 7.11 Å². The summed E-state index contributed by atoms with van der Waals surface area (Å²) in [6.45, 7) is 0.